The second-order valence-corrected chi connectivity index (χ2v) is 4.05. The highest BCUT2D eigenvalue weighted by molar-refractivity contribution is 7.13. The van der Waals surface area contributed by atoms with Crippen molar-refractivity contribution in [1.82, 2.24) is 4.98 Å². The van der Waals surface area contributed by atoms with Gasteiger partial charge in [-0.15, -0.1) is 11.3 Å². The minimum Gasteiger partial charge on any atom is -0.326 e. The lowest BCUT2D eigenvalue weighted by Gasteiger charge is -2.06. The molecule has 4 nitrogen and oxygen atoms in total. The second-order valence-electron chi connectivity index (χ2n) is 3.15. The Morgan fingerprint density at radius 1 is 1.44 bits per heavy atom. The number of carbonyl (C=O) groups excluding carboxylic acids is 1. The summed E-state index contributed by atoms with van der Waals surface area (Å²) in [6, 6.07) is 7.28. The Hall–Kier alpha value is -1.72. The molecule has 0 unspecified atom stereocenters. The van der Waals surface area contributed by atoms with E-state index in [0.717, 1.165) is 5.56 Å². The second kappa shape index (κ2) is 4.87. The normalized spacial score (nSPS) is 10.1. The van der Waals surface area contributed by atoms with Crippen LogP contribution in [0.3, 0.4) is 0 Å². The number of benzene rings is 1. The van der Waals surface area contributed by atoms with Crippen molar-refractivity contribution in [3.05, 3.63) is 47.0 Å². The molecule has 0 radical (unpaired) electrons. The first-order valence-electron chi connectivity index (χ1n) is 4.80. The molecule has 2 aromatic rings. The van der Waals surface area contributed by atoms with Crippen LogP contribution in [0.4, 0.5) is 5.13 Å². The molecule has 82 valence electrons. The molecule has 5 heteroatoms. The molecule has 0 aliphatic heterocycles. The molecule has 0 aliphatic rings. The van der Waals surface area contributed by atoms with Gasteiger partial charge in [-0.2, -0.15) is 0 Å². The largest absolute Gasteiger partial charge is 0.326 e. The van der Waals surface area contributed by atoms with Crippen molar-refractivity contribution in [1.29, 1.82) is 0 Å². The number of carbonyl (C=O) groups is 1. The van der Waals surface area contributed by atoms with Gasteiger partial charge in [0.2, 0.25) is 0 Å². The maximum Gasteiger partial charge on any atom is 0.257 e. The average molecular weight is 233 g/mol. The van der Waals surface area contributed by atoms with Gasteiger partial charge >= 0.3 is 0 Å². The van der Waals surface area contributed by atoms with Crippen LogP contribution in [0.1, 0.15) is 15.9 Å². The van der Waals surface area contributed by atoms with Gasteiger partial charge in [-0.05, 0) is 11.6 Å². The maximum absolute atomic E-state index is 11.9. The Bertz CT molecular complexity index is 482. The number of rotatable bonds is 3. The van der Waals surface area contributed by atoms with Crippen molar-refractivity contribution in [3.63, 3.8) is 0 Å². The molecule has 3 N–H and O–H groups in total. The van der Waals surface area contributed by atoms with Gasteiger partial charge in [0.25, 0.3) is 5.91 Å². The fourth-order valence-corrected chi connectivity index (χ4v) is 1.89. The van der Waals surface area contributed by atoms with E-state index < -0.39 is 0 Å². The van der Waals surface area contributed by atoms with E-state index in [1.807, 2.05) is 23.6 Å². The summed E-state index contributed by atoms with van der Waals surface area (Å²) in [4.78, 5) is 15.9. The van der Waals surface area contributed by atoms with E-state index in [1.54, 1.807) is 12.3 Å². The number of amides is 1. The first-order valence-corrected chi connectivity index (χ1v) is 5.68. The highest BCUT2D eigenvalue weighted by Crippen LogP contribution is 2.14. The summed E-state index contributed by atoms with van der Waals surface area (Å²) in [6.07, 6.45) is 1.65. The zero-order valence-corrected chi connectivity index (χ0v) is 9.33. The summed E-state index contributed by atoms with van der Waals surface area (Å²) >= 11 is 1.39. The highest BCUT2D eigenvalue weighted by Gasteiger charge is 2.10. The quantitative estimate of drug-likeness (QED) is 0.850. The summed E-state index contributed by atoms with van der Waals surface area (Å²) in [5, 5.41) is 5.13. The Balaban J connectivity index is 2.21. The third kappa shape index (κ3) is 2.26. The lowest BCUT2D eigenvalue weighted by atomic mass is 10.1. The van der Waals surface area contributed by atoms with Crippen LogP contribution in [0.15, 0.2) is 35.8 Å². The Morgan fingerprint density at radius 2 is 2.25 bits per heavy atom. The molecule has 2 rings (SSSR count). The first kappa shape index (κ1) is 10.8. The van der Waals surface area contributed by atoms with Crippen LogP contribution >= 0.6 is 11.3 Å². The predicted octanol–water partition coefficient (Wildman–Crippen LogP) is 1.85. The van der Waals surface area contributed by atoms with Gasteiger partial charge in [-0.25, -0.2) is 4.98 Å². The number of anilines is 1. The van der Waals surface area contributed by atoms with Crippen LogP contribution in [0, 0.1) is 0 Å². The van der Waals surface area contributed by atoms with Crippen molar-refractivity contribution in [2.45, 2.75) is 6.54 Å². The standard InChI is InChI=1S/C11H11N3OS/c12-7-8-3-1-2-4-9(8)10(15)14-11-13-5-6-16-11/h1-6H,7,12H2,(H,13,14,15). The van der Waals surface area contributed by atoms with E-state index in [4.69, 9.17) is 5.73 Å². The van der Waals surface area contributed by atoms with E-state index in [2.05, 4.69) is 10.3 Å². The van der Waals surface area contributed by atoms with Crippen molar-refractivity contribution in [3.8, 4) is 0 Å². The summed E-state index contributed by atoms with van der Waals surface area (Å²) in [5.74, 6) is -0.170. The number of hydrogen-bond donors (Lipinski definition) is 2. The number of nitrogens with two attached hydrogens (primary N) is 1. The van der Waals surface area contributed by atoms with E-state index in [-0.39, 0.29) is 5.91 Å². The first-order chi connectivity index (χ1) is 7.81. The van der Waals surface area contributed by atoms with Crippen LogP contribution in [0.2, 0.25) is 0 Å². The number of thiazole rings is 1. The minimum absolute atomic E-state index is 0.170. The number of nitrogens with zero attached hydrogens (tertiary/aromatic N) is 1. The molecule has 16 heavy (non-hydrogen) atoms. The van der Waals surface area contributed by atoms with Crippen molar-refractivity contribution in [2.24, 2.45) is 5.73 Å². The molecule has 1 heterocycles. The van der Waals surface area contributed by atoms with Gasteiger partial charge in [0.15, 0.2) is 5.13 Å². The van der Waals surface area contributed by atoms with Gasteiger partial charge in [-0.1, -0.05) is 18.2 Å². The van der Waals surface area contributed by atoms with Crippen molar-refractivity contribution >= 4 is 22.4 Å². The van der Waals surface area contributed by atoms with Crippen molar-refractivity contribution < 1.29 is 4.79 Å². The molecule has 0 saturated carbocycles. The molecule has 1 aromatic heterocycles. The molecule has 1 aromatic carbocycles. The lowest BCUT2D eigenvalue weighted by molar-refractivity contribution is 0.102. The predicted molar refractivity (Wildman–Crippen MR) is 64.4 cm³/mol. The maximum atomic E-state index is 11.9. The van der Waals surface area contributed by atoms with Crippen LogP contribution in [0.5, 0.6) is 0 Å². The molecule has 0 saturated heterocycles. The van der Waals surface area contributed by atoms with Gasteiger partial charge in [0, 0.05) is 23.7 Å². The monoisotopic (exact) mass is 233 g/mol. The molecular weight excluding hydrogens is 222 g/mol. The minimum atomic E-state index is -0.170. The van der Waals surface area contributed by atoms with Gasteiger partial charge < -0.3 is 5.73 Å². The van der Waals surface area contributed by atoms with Crippen LogP contribution in [0.25, 0.3) is 0 Å². The zero-order valence-electron chi connectivity index (χ0n) is 8.51. The molecule has 0 bridgehead atoms. The van der Waals surface area contributed by atoms with E-state index in [0.29, 0.717) is 17.2 Å². The third-order valence-electron chi connectivity index (χ3n) is 2.13. The molecule has 0 spiro atoms. The molecule has 1 amide bonds. The van der Waals surface area contributed by atoms with E-state index >= 15 is 0 Å². The summed E-state index contributed by atoms with van der Waals surface area (Å²) in [7, 11) is 0. The Labute approximate surface area is 97.1 Å². The van der Waals surface area contributed by atoms with Crippen LogP contribution in [-0.2, 0) is 6.54 Å². The van der Waals surface area contributed by atoms with E-state index in [9.17, 15) is 4.79 Å². The van der Waals surface area contributed by atoms with Crippen LogP contribution in [-0.4, -0.2) is 10.9 Å². The third-order valence-corrected chi connectivity index (χ3v) is 2.82. The summed E-state index contributed by atoms with van der Waals surface area (Å²) in [6.45, 7) is 0.349. The summed E-state index contributed by atoms with van der Waals surface area (Å²) < 4.78 is 0. The highest BCUT2D eigenvalue weighted by atomic mass is 32.1. The zero-order chi connectivity index (χ0) is 11.4. The Morgan fingerprint density at radius 3 is 2.94 bits per heavy atom. The smallest absolute Gasteiger partial charge is 0.257 e. The van der Waals surface area contributed by atoms with E-state index in [1.165, 1.54) is 11.3 Å². The summed E-state index contributed by atoms with van der Waals surface area (Å²) in [5.41, 5.74) is 7.00. The molecule has 0 aliphatic carbocycles. The van der Waals surface area contributed by atoms with Gasteiger partial charge in [0.1, 0.15) is 0 Å². The molecular formula is C11H11N3OS. The Kier molecular flexibility index (Phi) is 3.28. The number of nitrogens with one attached hydrogen (secondary N) is 1. The van der Waals surface area contributed by atoms with Gasteiger partial charge in [-0.3, -0.25) is 10.1 Å². The van der Waals surface area contributed by atoms with Gasteiger partial charge in [0.05, 0.1) is 0 Å². The molecule has 0 atom stereocenters. The SMILES string of the molecule is NCc1ccccc1C(=O)Nc1nccs1. The topological polar surface area (TPSA) is 68.0 Å². The fraction of sp³-hybridized carbons (Fsp3) is 0.0909. The van der Waals surface area contributed by atoms with Crippen LogP contribution < -0.4 is 11.1 Å². The lowest BCUT2D eigenvalue weighted by Crippen LogP contribution is -2.15. The number of aromatic nitrogens is 1. The van der Waals surface area contributed by atoms with Crippen molar-refractivity contribution in [2.75, 3.05) is 5.32 Å². The molecule has 0 fully saturated rings. The number of hydrogen-bond acceptors (Lipinski definition) is 4. The average Bonchev–Trinajstić information content (AvgIpc) is 2.81. The fourth-order valence-electron chi connectivity index (χ4n) is 1.37.